The van der Waals surface area contributed by atoms with Gasteiger partial charge in [0.15, 0.2) is 12.4 Å². The van der Waals surface area contributed by atoms with Crippen molar-refractivity contribution >= 4 is 17.4 Å². The molecule has 7 nitrogen and oxygen atoms in total. The van der Waals surface area contributed by atoms with Crippen LogP contribution in [0.15, 0.2) is 45.8 Å². The van der Waals surface area contributed by atoms with E-state index in [-0.39, 0.29) is 23.6 Å². The minimum Gasteiger partial charge on any atom is -0.477 e. The molecule has 0 bridgehead atoms. The van der Waals surface area contributed by atoms with Crippen LogP contribution in [0.25, 0.3) is 0 Å². The summed E-state index contributed by atoms with van der Waals surface area (Å²) >= 11 is 0. The summed E-state index contributed by atoms with van der Waals surface area (Å²) in [5.41, 5.74) is 0.806. The van der Waals surface area contributed by atoms with E-state index in [1.165, 1.54) is 32.1 Å². The molecule has 0 spiro atoms. The number of hydrogen-bond donors (Lipinski definition) is 1. The number of nitrogens with zero attached hydrogens (tertiary/aromatic N) is 1. The summed E-state index contributed by atoms with van der Waals surface area (Å²) in [5.74, 6) is 0.150. The highest BCUT2D eigenvalue weighted by atomic mass is 16.5. The van der Waals surface area contributed by atoms with Crippen LogP contribution in [0.2, 0.25) is 0 Å². The van der Waals surface area contributed by atoms with Gasteiger partial charge in [-0.05, 0) is 57.1 Å². The van der Waals surface area contributed by atoms with Crippen LogP contribution >= 0.6 is 0 Å². The number of Topliss-reactive ketones (excluding diaryl/α,β-unsaturated/α-hetero) is 1. The fraction of sp³-hybridized carbons (Fsp3) is 0.409. The normalized spacial score (nSPS) is 14.8. The first kappa shape index (κ1) is 20.8. The molecule has 1 aromatic carbocycles. The number of amides is 1. The summed E-state index contributed by atoms with van der Waals surface area (Å²) in [6.07, 6.45) is 6.09. The van der Waals surface area contributed by atoms with Crippen molar-refractivity contribution < 1.29 is 18.7 Å². The minimum atomic E-state index is -0.409. The lowest BCUT2D eigenvalue weighted by Crippen LogP contribution is -2.25. The molecule has 29 heavy (non-hydrogen) atoms. The van der Waals surface area contributed by atoms with Gasteiger partial charge in [-0.25, -0.2) is 0 Å². The van der Waals surface area contributed by atoms with E-state index in [4.69, 9.17) is 9.15 Å². The zero-order chi connectivity index (χ0) is 20.6. The summed E-state index contributed by atoms with van der Waals surface area (Å²) in [4.78, 5) is 37.9. The van der Waals surface area contributed by atoms with Gasteiger partial charge in [-0.1, -0.05) is 12.8 Å². The van der Waals surface area contributed by atoms with Crippen LogP contribution in [-0.2, 0) is 11.3 Å². The van der Waals surface area contributed by atoms with Gasteiger partial charge in [0.25, 0.3) is 5.91 Å². The smallest absolute Gasteiger partial charge is 0.262 e. The number of rotatable bonds is 7. The Morgan fingerprint density at radius 1 is 1.10 bits per heavy atom. The average molecular weight is 398 g/mol. The molecule has 1 aliphatic rings. The minimum absolute atomic E-state index is 0.00620. The molecule has 0 aliphatic carbocycles. The summed E-state index contributed by atoms with van der Waals surface area (Å²) in [5, 5.41) is 2.65. The second-order valence-corrected chi connectivity index (χ2v) is 7.24. The van der Waals surface area contributed by atoms with Gasteiger partial charge in [0.1, 0.15) is 12.0 Å². The van der Waals surface area contributed by atoms with Crippen LogP contribution in [0, 0.1) is 0 Å². The monoisotopic (exact) mass is 398 g/mol. The van der Waals surface area contributed by atoms with E-state index in [9.17, 15) is 14.4 Å². The number of anilines is 1. The van der Waals surface area contributed by atoms with Crippen LogP contribution in [0.1, 0.15) is 48.7 Å². The molecule has 1 fully saturated rings. The van der Waals surface area contributed by atoms with Crippen LogP contribution in [0.3, 0.4) is 0 Å². The Kier molecular flexibility index (Phi) is 7.19. The lowest BCUT2D eigenvalue weighted by Gasteiger charge is -2.18. The predicted octanol–water partition coefficient (Wildman–Crippen LogP) is 3.24. The third-order valence-electron chi connectivity index (χ3n) is 4.86. The molecule has 3 rings (SSSR count). The van der Waals surface area contributed by atoms with Gasteiger partial charge in [0.05, 0.1) is 6.54 Å². The van der Waals surface area contributed by atoms with Gasteiger partial charge in [-0.3, -0.25) is 19.3 Å². The molecule has 2 aromatic rings. The summed E-state index contributed by atoms with van der Waals surface area (Å²) in [6.45, 7) is 3.79. The lowest BCUT2D eigenvalue weighted by atomic mass is 10.1. The van der Waals surface area contributed by atoms with E-state index in [2.05, 4.69) is 10.2 Å². The standard InChI is InChI=1S/C22H26N2O5/c1-16(25)17-6-8-18(9-7-17)23-22(27)15-29-21-14-28-19(12-20(21)26)13-24-10-4-2-3-5-11-24/h6-9,12,14H,2-5,10-11,13,15H2,1H3,(H,23,27). The van der Waals surface area contributed by atoms with E-state index in [1.54, 1.807) is 24.3 Å². The first-order valence-electron chi connectivity index (χ1n) is 9.89. The quantitative estimate of drug-likeness (QED) is 0.721. The van der Waals surface area contributed by atoms with E-state index in [1.807, 2.05) is 0 Å². The molecule has 1 amide bonds. The second kappa shape index (κ2) is 10.0. The third-order valence-corrected chi connectivity index (χ3v) is 4.86. The molecule has 2 heterocycles. The van der Waals surface area contributed by atoms with Crippen molar-refractivity contribution in [1.82, 2.24) is 4.90 Å². The SMILES string of the molecule is CC(=O)c1ccc(NC(=O)COc2coc(CN3CCCCCC3)cc2=O)cc1. The van der Waals surface area contributed by atoms with Gasteiger partial charge in [-0.15, -0.1) is 0 Å². The van der Waals surface area contributed by atoms with E-state index < -0.39 is 5.91 Å². The third kappa shape index (κ3) is 6.29. The van der Waals surface area contributed by atoms with Crippen LogP contribution < -0.4 is 15.5 Å². The Morgan fingerprint density at radius 3 is 2.41 bits per heavy atom. The molecular weight excluding hydrogens is 372 g/mol. The number of nitrogens with one attached hydrogen (secondary N) is 1. The number of ether oxygens (including phenoxy) is 1. The first-order chi connectivity index (χ1) is 14.0. The van der Waals surface area contributed by atoms with Crippen LogP contribution in [-0.4, -0.2) is 36.3 Å². The first-order valence-corrected chi connectivity index (χ1v) is 9.89. The molecule has 0 unspecified atom stereocenters. The Balaban J connectivity index is 1.51. The highest BCUT2D eigenvalue weighted by Gasteiger charge is 2.13. The highest BCUT2D eigenvalue weighted by molar-refractivity contribution is 5.95. The van der Waals surface area contributed by atoms with E-state index >= 15 is 0 Å². The van der Waals surface area contributed by atoms with Crippen LogP contribution in [0.5, 0.6) is 5.75 Å². The van der Waals surface area contributed by atoms with Gasteiger partial charge < -0.3 is 14.5 Å². The van der Waals surface area contributed by atoms with Crippen molar-refractivity contribution in [1.29, 1.82) is 0 Å². The number of carbonyl (C=O) groups excluding carboxylic acids is 2. The molecule has 0 saturated carbocycles. The maximum atomic E-state index is 12.3. The number of hydrogen-bond acceptors (Lipinski definition) is 6. The zero-order valence-electron chi connectivity index (χ0n) is 16.6. The number of ketones is 1. The zero-order valence-corrected chi connectivity index (χ0v) is 16.6. The molecule has 1 saturated heterocycles. The summed E-state index contributed by atoms with van der Waals surface area (Å²) in [6, 6.07) is 7.98. The van der Waals surface area contributed by atoms with Crippen molar-refractivity contribution in [2.75, 3.05) is 25.0 Å². The Morgan fingerprint density at radius 2 is 1.79 bits per heavy atom. The lowest BCUT2D eigenvalue weighted by molar-refractivity contribution is -0.118. The fourth-order valence-corrected chi connectivity index (χ4v) is 3.27. The van der Waals surface area contributed by atoms with Crippen LogP contribution in [0.4, 0.5) is 5.69 Å². The number of likely N-dealkylation sites (tertiary alicyclic amines) is 1. The number of benzene rings is 1. The fourth-order valence-electron chi connectivity index (χ4n) is 3.27. The Bertz CT molecular complexity index is 896. The van der Waals surface area contributed by atoms with Gasteiger partial charge in [0, 0.05) is 17.3 Å². The largest absolute Gasteiger partial charge is 0.477 e. The predicted molar refractivity (Wildman–Crippen MR) is 109 cm³/mol. The van der Waals surface area contributed by atoms with Crippen molar-refractivity contribution in [3.05, 3.63) is 58.1 Å². The molecule has 1 aliphatic heterocycles. The topological polar surface area (TPSA) is 88.8 Å². The molecule has 0 radical (unpaired) electrons. The van der Waals surface area contributed by atoms with Crippen molar-refractivity contribution in [2.45, 2.75) is 39.2 Å². The molecule has 154 valence electrons. The van der Waals surface area contributed by atoms with Crippen molar-refractivity contribution in [3.63, 3.8) is 0 Å². The van der Waals surface area contributed by atoms with Crippen molar-refractivity contribution in [2.24, 2.45) is 0 Å². The molecule has 7 heteroatoms. The summed E-state index contributed by atoms with van der Waals surface area (Å²) in [7, 11) is 0. The van der Waals surface area contributed by atoms with Crippen molar-refractivity contribution in [3.8, 4) is 5.75 Å². The van der Waals surface area contributed by atoms with Gasteiger partial charge in [-0.2, -0.15) is 0 Å². The molecular formula is C22H26N2O5. The maximum Gasteiger partial charge on any atom is 0.262 e. The highest BCUT2D eigenvalue weighted by Crippen LogP contribution is 2.14. The Hall–Kier alpha value is -2.93. The Labute approximate surface area is 169 Å². The number of carbonyl (C=O) groups is 2. The maximum absolute atomic E-state index is 12.3. The average Bonchev–Trinajstić information content (AvgIpc) is 2.96. The van der Waals surface area contributed by atoms with E-state index in [0.29, 0.717) is 23.6 Å². The van der Waals surface area contributed by atoms with E-state index in [0.717, 1.165) is 25.9 Å². The molecule has 0 atom stereocenters. The molecule has 1 N–H and O–H groups in total. The second-order valence-electron chi connectivity index (χ2n) is 7.24. The van der Waals surface area contributed by atoms with Gasteiger partial charge >= 0.3 is 0 Å². The van der Waals surface area contributed by atoms with Gasteiger partial charge in [0.2, 0.25) is 11.2 Å². The molecule has 1 aromatic heterocycles. The summed E-state index contributed by atoms with van der Waals surface area (Å²) < 4.78 is 10.9.